The molecule has 0 amide bonds. The fourth-order valence-corrected chi connectivity index (χ4v) is 5.47. The summed E-state index contributed by atoms with van der Waals surface area (Å²) < 4.78 is 30.3. The quantitative estimate of drug-likeness (QED) is 0.910. The monoisotopic (exact) mass is 309 g/mol. The van der Waals surface area contributed by atoms with Crippen LogP contribution in [0.15, 0.2) is 18.2 Å². The van der Waals surface area contributed by atoms with Gasteiger partial charge in [0.1, 0.15) is 11.4 Å². The second-order valence-corrected chi connectivity index (χ2v) is 9.17. The zero-order valence-electron chi connectivity index (χ0n) is 12.6. The summed E-state index contributed by atoms with van der Waals surface area (Å²) in [5.74, 6) is 1.16. The van der Waals surface area contributed by atoms with E-state index in [0.717, 1.165) is 36.1 Å². The Hall–Kier alpha value is -1.07. The summed E-state index contributed by atoms with van der Waals surface area (Å²) in [6, 6.07) is 5.42. The van der Waals surface area contributed by atoms with Crippen LogP contribution in [0.4, 0.5) is 0 Å². The summed E-state index contributed by atoms with van der Waals surface area (Å²) in [5.41, 5.74) is 8.13. The van der Waals surface area contributed by atoms with Crippen molar-refractivity contribution in [3.05, 3.63) is 29.3 Å². The molecule has 0 bridgehead atoms. The second-order valence-electron chi connectivity index (χ2n) is 6.83. The van der Waals surface area contributed by atoms with Crippen molar-refractivity contribution in [1.82, 2.24) is 0 Å². The van der Waals surface area contributed by atoms with Gasteiger partial charge in [0.15, 0.2) is 9.84 Å². The molecule has 2 atom stereocenters. The first-order valence-electron chi connectivity index (χ1n) is 7.57. The maximum absolute atomic E-state index is 12.2. The molecule has 1 fully saturated rings. The highest BCUT2D eigenvalue weighted by Crippen LogP contribution is 2.37. The van der Waals surface area contributed by atoms with Crippen molar-refractivity contribution in [1.29, 1.82) is 0 Å². The fraction of sp³-hybridized carbons (Fsp3) is 0.625. The molecule has 1 aromatic rings. The van der Waals surface area contributed by atoms with E-state index in [1.165, 1.54) is 0 Å². The molecule has 21 heavy (non-hydrogen) atoms. The van der Waals surface area contributed by atoms with Crippen LogP contribution in [0.25, 0.3) is 0 Å². The lowest BCUT2D eigenvalue weighted by Gasteiger charge is -2.28. The Morgan fingerprint density at radius 3 is 2.81 bits per heavy atom. The van der Waals surface area contributed by atoms with Gasteiger partial charge in [0.2, 0.25) is 0 Å². The van der Waals surface area contributed by atoms with E-state index in [9.17, 15) is 8.42 Å². The summed E-state index contributed by atoms with van der Waals surface area (Å²) in [6.45, 7) is 4.11. The molecule has 5 heteroatoms. The highest BCUT2D eigenvalue weighted by atomic mass is 32.2. The molecule has 4 nitrogen and oxygen atoms in total. The Morgan fingerprint density at radius 2 is 2.10 bits per heavy atom. The molecule has 1 aromatic carbocycles. The van der Waals surface area contributed by atoms with Crippen LogP contribution in [0, 0.1) is 0 Å². The van der Waals surface area contributed by atoms with Gasteiger partial charge in [0.05, 0.1) is 11.0 Å². The van der Waals surface area contributed by atoms with Crippen LogP contribution < -0.4 is 10.5 Å². The lowest BCUT2D eigenvalue weighted by Crippen LogP contribution is -2.37. The molecule has 0 saturated carbocycles. The molecule has 2 heterocycles. The van der Waals surface area contributed by atoms with Crippen LogP contribution in [0.3, 0.4) is 0 Å². The van der Waals surface area contributed by atoms with E-state index in [1.54, 1.807) is 0 Å². The van der Waals surface area contributed by atoms with Gasteiger partial charge in [-0.1, -0.05) is 18.6 Å². The number of rotatable bonds is 2. The minimum absolute atomic E-state index is 0.192. The Bertz CT molecular complexity index is 651. The maximum atomic E-state index is 12.2. The van der Waals surface area contributed by atoms with Crippen LogP contribution in [0.1, 0.15) is 50.3 Å². The van der Waals surface area contributed by atoms with E-state index < -0.39 is 21.1 Å². The SMILES string of the molecule is CC1(C)Cc2cc(C(N)C3CCCCS3(=O)=O)ccc2O1. The van der Waals surface area contributed by atoms with Gasteiger partial charge in [-0.2, -0.15) is 0 Å². The molecule has 2 aliphatic heterocycles. The van der Waals surface area contributed by atoms with E-state index >= 15 is 0 Å². The minimum atomic E-state index is -3.06. The Kier molecular flexibility index (Phi) is 3.53. The van der Waals surface area contributed by atoms with Crippen LogP contribution in [-0.2, 0) is 16.3 Å². The normalized spacial score (nSPS) is 27.7. The first-order chi connectivity index (χ1) is 9.78. The third-order valence-electron chi connectivity index (χ3n) is 4.50. The number of benzene rings is 1. The lowest BCUT2D eigenvalue weighted by atomic mass is 9.95. The Morgan fingerprint density at radius 1 is 1.33 bits per heavy atom. The third-order valence-corrected chi connectivity index (χ3v) is 6.81. The molecule has 116 valence electrons. The number of hydrogen-bond acceptors (Lipinski definition) is 4. The molecule has 2 N–H and O–H groups in total. The Labute approximate surface area is 126 Å². The Balaban J connectivity index is 1.88. The third kappa shape index (κ3) is 2.81. The van der Waals surface area contributed by atoms with Gasteiger partial charge in [-0.25, -0.2) is 8.42 Å². The van der Waals surface area contributed by atoms with Crippen LogP contribution in [0.5, 0.6) is 5.75 Å². The van der Waals surface area contributed by atoms with Crippen LogP contribution in [0.2, 0.25) is 0 Å². The molecule has 0 spiro atoms. The molecule has 0 radical (unpaired) electrons. The van der Waals surface area contributed by atoms with Gasteiger partial charge in [-0.3, -0.25) is 0 Å². The number of sulfone groups is 1. The average Bonchev–Trinajstić information content (AvgIpc) is 2.70. The maximum Gasteiger partial charge on any atom is 0.155 e. The number of nitrogens with two attached hydrogens (primary N) is 1. The second kappa shape index (κ2) is 4.99. The van der Waals surface area contributed by atoms with Gasteiger partial charge in [-0.05, 0) is 43.9 Å². The predicted octanol–water partition coefficient (Wildman–Crippen LogP) is 2.37. The zero-order valence-corrected chi connectivity index (χ0v) is 13.4. The molecular weight excluding hydrogens is 286 g/mol. The topological polar surface area (TPSA) is 69.4 Å². The van der Waals surface area contributed by atoms with Crippen molar-refractivity contribution in [3.63, 3.8) is 0 Å². The number of ether oxygens (including phenoxy) is 1. The molecule has 2 aliphatic rings. The van der Waals surface area contributed by atoms with Crippen LogP contribution >= 0.6 is 0 Å². The van der Waals surface area contributed by atoms with Gasteiger partial charge < -0.3 is 10.5 Å². The summed E-state index contributed by atoms with van der Waals surface area (Å²) in [4.78, 5) is 0. The lowest BCUT2D eigenvalue weighted by molar-refractivity contribution is 0.138. The number of hydrogen-bond donors (Lipinski definition) is 1. The molecule has 0 aromatic heterocycles. The van der Waals surface area contributed by atoms with Crippen molar-refractivity contribution < 1.29 is 13.2 Å². The molecule has 3 rings (SSSR count). The van der Waals surface area contributed by atoms with Gasteiger partial charge in [0.25, 0.3) is 0 Å². The van der Waals surface area contributed by atoms with Gasteiger partial charge in [0, 0.05) is 12.5 Å². The minimum Gasteiger partial charge on any atom is -0.487 e. The molecular formula is C16H23NO3S. The highest BCUT2D eigenvalue weighted by molar-refractivity contribution is 7.92. The standard InChI is InChI=1S/C16H23NO3S/c1-16(2)10-12-9-11(6-7-13(12)20-16)15(17)14-5-3-4-8-21(14,18)19/h6-7,9,14-15H,3-5,8,10,17H2,1-2H3. The first-order valence-corrected chi connectivity index (χ1v) is 9.29. The molecule has 1 saturated heterocycles. The predicted molar refractivity (Wildman–Crippen MR) is 83.2 cm³/mol. The molecule has 0 aliphatic carbocycles. The van der Waals surface area contributed by atoms with Crippen molar-refractivity contribution in [3.8, 4) is 5.75 Å². The molecule has 2 unspecified atom stereocenters. The van der Waals surface area contributed by atoms with E-state index in [2.05, 4.69) is 13.8 Å². The van der Waals surface area contributed by atoms with Crippen molar-refractivity contribution in [2.45, 2.75) is 56.4 Å². The smallest absolute Gasteiger partial charge is 0.155 e. The van der Waals surface area contributed by atoms with Crippen molar-refractivity contribution >= 4 is 9.84 Å². The summed E-state index contributed by atoms with van der Waals surface area (Å²) in [6.07, 6.45) is 3.21. The average molecular weight is 309 g/mol. The summed E-state index contributed by atoms with van der Waals surface area (Å²) in [5, 5.41) is -0.445. The fourth-order valence-electron chi connectivity index (χ4n) is 3.43. The summed E-state index contributed by atoms with van der Waals surface area (Å²) in [7, 11) is -3.06. The summed E-state index contributed by atoms with van der Waals surface area (Å²) >= 11 is 0. The first kappa shape index (κ1) is 14.9. The van der Waals surface area contributed by atoms with E-state index in [1.807, 2.05) is 18.2 Å². The zero-order chi connectivity index (χ0) is 15.3. The van der Waals surface area contributed by atoms with E-state index in [4.69, 9.17) is 10.5 Å². The largest absolute Gasteiger partial charge is 0.487 e. The van der Waals surface area contributed by atoms with Gasteiger partial charge >= 0.3 is 0 Å². The van der Waals surface area contributed by atoms with Gasteiger partial charge in [-0.15, -0.1) is 0 Å². The van der Waals surface area contributed by atoms with Crippen molar-refractivity contribution in [2.75, 3.05) is 5.75 Å². The number of fused-ring (bicyclic) bond motifs is 1. The van der Waals surface area contributed by atoms with Crippen molar-refractivity contribution in [2.24, 2.45) is 5.73 Å². The van der Waals surface area contributed by atoms with E-state index in [0.29, 0.717) is 6.42 Å². The van der Waals surface area contributed by atoms with E-state index in [-0.39, 0.29) is 11.4 Å². The van der Waals surface area contributed by atoms with Crippen LogP contribution in [-0.4, -0.2) is 25.0 Å². The highest BCUT2D eigenvalue weighted by Gasteiger charge is 2.36.